The minimum atomic E-state index is -3.65. The summed E-state index contributed by atoms with van der Waals surface area (Å²) in [6, 6.07) is 13.7. The first kappa shape index (κ1) is 20.4. The van der Waals surface area contributed by atoms with Crippen molar-refractivity contribution in [3.63, 3.8) is 0 Å². The summed E-state index contributed by atoms with van der Waals surface area (Å²) in [5, 5.41) is 12.9. The minimum absolute atomic E-state index is 0.162. The second-order valence-corrected chi connectivity index (χ2v) is 9.27. The minimum Gasteiger partial charge on any atom is -0.357 e. The number of hydrogen-bond acceptors (Lipinski definition) is 4. The second-order valence-electron chi connectivity index (χ2n) is 6.31. The number of para-hydroxylation sites is 1. The number of nitrogens with one attached hydrogen (secondary N) is 2. The zero-order chi connectivity index (χ0) is 20.0. The zero-order valence-corrected chi connectivity index (χ0v) is 17.4. The Balaban J connectivity index is 1.52. The van der Waals surface area contributed by atoms with Gasteiger partial charge in [-0.15, -0.1) is 11.3 Å². The maximum Gasteiger partial charge on any atom is 0.247 e. The average molecular weight is 420 g/mol. The lowest BCUT2D eigenvalue weighted by molar-refractivity contribution is 0.600. The molecule has 0 unspecified atom stereocenters. The van der Waals surface area contributed by atoms with Gasteiger partial charge in [0.1, 0.15) is 4.21 Å². The molecule has 150 valence electrons. The third-order valence-corrected chi connectivity index (χ3v) is 6.71. The molecule has 9 heteroatoms. The Bertz CT molecular complexity index is 1050. The van der Waals surface area contributed by atoms with Gasteiger partial charge < -0.3 is 15.2 Å². The number of hydrogen-bond donors (Lipinski definition) is 3. The van der Waals surface area contributed by atoms with E-state index in [1.165, 1.54) is 17.0 Å². The Morgan fingerprint density at radius 2 is 2.00 bits per heavy atom. The van der Waals surface area contributed by atoms with Crippen LogP contribution in [0, 0.1) is 0 Å². The Hall–Kier alpha value is -2.36. The van der Waals surface area contributed by atoms with Crippen LogP contribution in [0.15, 0.2) is 57.9 Å². The summed E-state index contributed by atoms with van der Waals surface area (Å²) >= 11 is 1.15. The van der Waals surface area contributed by atoms with Gasteiger partial charge in [0.2, 0.25) is 10.0 Å². The number of primary sulfonamides is 1. The molecule has 0 saturated heterocycles. The Morgan fingerprint density at radius 1 is 1.18 bits per heavy atom. The highest BCUT2D eigenvalue weighted by Crippen LogP contribution is 2.20. The number of aliphatic imine (C=N–C) groups is 1. The first-order valence-corrected chi connectivity index (χ1v) is 11.5. The molecule has 0 amide bonds. The van der Waals surface area contributed by atoms with Crippen LogP contribution in [0.3, 0.4) is 0 Å². The maximum atomic E-state index is 11.4. The number of guanidine groups is 1. The summed E-state index contributed by atoms with van der Waals surface area (Å²) in [6.45, 7) is 4.86. The molecule has 0 aliphatic heterocycles. The van der Waals surface area contributed by atoms with Gasteiger partial charge >= 0.3 is 0 Å². The van der Waals surface area contributed by atoms with Crippen LogP contribution >= 0.6 is 11.3 Å². The van der Waals surface area contributed by atoms with E-state index in [-0.39, 0.29) is 4.21 Å². The third-order valence-electron chi connectivity index (χ3n) is 4.20. The van der Waals surface area contributed by atoms with Crippen LogP contribution in [0.1, 0.15) is 18.2 Å². The largest absolute Gasteiger partial charge is 0.357 e. The molecule has 1 aromatic carbocycles. The summed E-state index contributed by atoms with van der Waals surface area (Å²) in [5.74, 6) is 0.713. The highest BCUT2D eigenvalue weighted by molar-refractivity contribution is 7.91. The van der Waals surface area contributed by atoms with Crippen molar-refractivity contribution in [2.75, 3.05) is 13.1 Å². The van der Waals surface area contributed by atoms with Crippen molar-refractivity contribution in [2.24, 2.45) is 10.1 Å². The fourth-order valence-electron chi connectivity index (χ4n) is 2.89. The lowest BCUT2D eigenvalue weighted by Gasteiger charge is -2.11. The van der Waals surface area contributed by atoms with Gasteiger partial charge in [-0.2, -0.15) is 0 Å². The molecule has 4 N–H and O–H groups in total. The molecule has 0 atom stereocenters. The standard InChI is InChI=1S/C19H25N5O2S2/c1-2-21-19(23-14-16-8-9-18(27-16)28(20,25)26)22-11-5-12-24-13-10-15-6-3-4-7-17(15)24/h3-4,6-10,13H,2,5,11-12,14H2,1H3,(H2,20,25,26)(H2,21,22,23). The van der Waals surface area contributed by atoms with E-state index in [2.05, 4.69) is 50.7 Å². The summed E-state index contributed by atoms with van der Waals surface area (Å²) in [5.41, 5.74) is 1.24. The molecule has 3 rings (SSSR count). The Morgan fingerprint density at radius 3 is 2.75 bits per heavy atom. The van der Waals surface area contributed by atoms with Gasteiger partial charge in [-0.1, -0.05) is 18.2 Å². The van der Waals surface area contributed by atoms with Crippen LogP contribution in [0.2, 0.25) is 0 Å². The van der Waals surface area contributed by atoms with Crippen molar-refractivity contribution >= 4 is 38.2 Å². The zero-order valence-electron chi connectivity index (χ0n) is 15.8. The number of fused-ring (bicyclic) bond motifs is 1. The van der Waals surface area contributed by atoms with Gasteiger partial charge in [0.15, 0.2) is 5.96 Å². The van der Waals surface area contributed by atoms with E-state index in [9.17, 15) is 8.42 Å². The molecule has 2 heterocycles. The molecule has 3 aromatic rings. The normalized spacial score (nSPS) is 12.4. The lowest BCUT2D eigenvalue weighted by atomic mass is 10.2. The second kappa shape index (κ2) is 9.22. The van der Waals surface area contributed by atoms with E-state index >= 15 is 0 Å². The lowest BCUT2D eigenvalue weighted by Crippen LogP contribution is -2.38. The van der Waals surface area contributed by atoms with Crippen molar-refractivity contribution in [1.29, 1.82) is 0 Å². The molecule has 0 aliphatic carbocycles. The van der Waals surface area contributed by atoms with Crippen LogP contribution in [0.4, 0.5) is 0 Å². The average Bonchev–Trinajstić information content (AvgIpc) is 3.30. The number of sulfonamides is 1. The van der Waals surface area contributed by atoms with Crippen molar-refractivity contribution in [2.45, 2.75) is 30.6 Å². The van der Waals surface area contributed by atoms with Gasteiger partial charge in [-0.25, -0.2) is 18.5 Å². The number of benzene rings is 1. The Labute approximate surface area is 169 Å². The molecule has 7 nitrogen and oxygen atoms in total. The summed E-state index contributed by atoms with van der Waals surface area (Å²) in [6.07, 6.45) is 3.07. The van der Waals surface area contributed by atoms with Crippen molar-refractivity contribution in [3.05, 3.63) is 53.5 Å². The number of thiophene rings is 1. The van der Waals surface area contributed by atoms with Gasteiger partial charge in [0.25, 0.3) is 0 Å². The van der Waals surface area contributed by atoms with E-state index in [1.54, 1.807) is 6.07 Å². The van der Waals surface area contributed by atoms with E-state index in [1.807, 2.05) is 13.0 Å². The predicted octanol–water partition coefficient (Wildman–Crippen LogP) is 2.50. The van der Waals surface area contributed by atoms with Crippen molar-refractivity contribution < 1.29 is 8.42 Å². The van der Waals surface area contributed by atoms with Gasteiger partial charge in [0.05, 0.1) is 6.54 Å². The number of rotatable bonds is 8. The topological polar surface area (TPSA) is 102 Å². The summed E-state index contributed by atoms with van der Waals surface area (Å²) in [7, 11) is -3.65. The molecule has 0 fully saturated rings. The van der Waals surface area contributed by atoms with Gasteiger partial charge in [-0.3, -0.25) is 0 Å². The molecule has 28 heavy (non-hydrogen) atoms. The van der Waals surface area contributed by atoms with E-state index in [0.717, 1.165) is 42.3 Å². The number of aryl methyl sites for hydroxylation is 1. The summed E-state index contributed by atoms with van der Waals surface area (Å²) in [4.78, 5) is 5.37. The van der Waals surface area contributed by atoms with Gasteiger partial charge in [0, 0.05) is 36.2 Å². The quantitative estimate of drug-likeness (QED) is 0.297. The third kappa shape index (κ3) is 5.34. The molecular formula is C19H25N5O2S2. The van der Waals surface area contributed by atoms with Crippen LogP contribution < -0.4 is 15.8 Å². The first-order chi connectivity index (χ1) is 13.5. The van der Waals surface area contributed by atoms with Crippen LogP contribution in [-0.4, -0.2) is 32.0 Å². The van der Waals surface area contributed by atoms with Crippen LogP contribution in [0.5, 0.6) is 0 Å². The van der Waals surface area contributed by atoms with Crippen molar-refractivity contribution in [3.8, 4) is 0 Å². The number of nitrogens with zero attached hydrogens (tertiary/aromatic N) is 2. The molecule has 0 spiro atoms. The fraction of sp³-hybridized carbons (Fsp3) is 0.316. The van der Waals surface area contributed by atoms with Gasteiger partial charge in [-0.05, 0) is 43.0 Å². The van der Waals surface area contributed by atoms with E-state index in [0.29, 0.717) is 12.5 Å². The van der Waals surface area contributed by atoms with Crippen LogP contribution in [0.25, 0.3) is 10.9 Å². The first-order valence-electron chi connectivity index (χ1n) is 9.15. The van der Waals surface area contributed by atoms with Crippen molar-refractivity contribution in [1.82, 2.24) is 15.2 Å². The Kier molecular flexibility index (Phi) is 6.71. The highest BCUT2D eigenvalue weighted by atomic mass is 32.2. The monoisotopic (exact) mass is 419 g/mol. The molecule has 0 bridgehead atoms. The molecule has 0 aliphatic rings. The molecule has 0 radical (unpaired) electrons. The molecular weight excluding hydrogens is 394 g/mol. The maximum absolute atomic E-state index is 11.4. The molecule has 2 aromatic heterocycles. The van der Waals surface area contributed by atoms with E-state index < -0.39 is 10.0 Å². The SMILES string of the molecule is CCNC(=NCc1ccc(S(N)(=O)=O)s1)NCCCn1ccc2ccccc21. The highest BCUT2D eigenvalue weighted by Gasteiger charge is 2.11. The van der Waals surface area contributed by atoms with E-state index in [4.69, 9.17) is 5.14 Å². The molecule has 0 saturated carbocycles. The fourth-order valence-corrected chi connectivity index (χ4v) is 4.59. The number of aromatic nitrogens is 1. The summed E-state index contributed by atoms with van der Waals surface area (Å²) < 4.78 is 25.1. The predicted molar refractivity (Wildman–Crippen MR) is 115 cm³/mol. The number of nitrogens with two attached hydrogens (primary N) is 1. The van der Waals surface area contributed by atoms with Crippen LogP contribution in [-0.2, 0) is 23.1 Å². The smallest absolute Gasteiger partial charge is 0.247 e.